The summed E-state index contributed by atoms with van der Waals surface area (Å²) in [7, 11) is 0. The van der Waals surface area contributed by atoms with E-state index in [0.717, 1.165) is 12.2 Å². The Kier molecular flexibility index (Phi) is 6.48. The van der Waals surface area contributed by atoms with Crippen molar-refractivity contribution in [3.05, 3.63) is 0 Å². The second-order valence-electron chi connectivity index (χ2n) is 5.05. The van der Waals surface area contributed by atoms with E-state index in [1.807, 2.05) is 13.2 Å². The molecule has 1 fully saturated rings. The minimum Gasteiger partial charge on any atom is -0.481 e. The maximum absolute atomic E-state index is 11.9. The van der Waals surface area contributed by atoms with Crippen LogP contribution in [0.2, 0.25) is 0 Å². The van der Waals surface area contributed by atoms with Gasteiger partial charge in [-0.25, -0.2) is 4.79 Å². The second-order valence-corrected chi connectivity index (χ2v) is 6.03. The highest BCUT2D eigenvalue weighted by atomic mass is 32.2. The van der Waals surface area contributed by atoms with Gasteiger partial charge in [0.2, 0.25) is 0 Å². The van der Waals surface area contributed by atoms with Crippen LogP contribution in [-0.2, 0) is 4.79 Å². The van der Waals surface area contributed by atoms with Gasteiger partial charge in [0, 0.05) is 25.4 Å². The van der Waals surface area contributed by atoms with E-state index < -0.39 is 11.4 Å². The fourth-order valence-electron chi connectivity index (χ4n) is 2.56. The van der Waals surface area contributed by atoms with Crippen molar-refractivity contribution in [2.24, 2.45) is 5.41 Å². The quantitative estimate of drug-likeness (QED) is 0.734. The van der Waals surface area contributed by atoms with Gasteiger partial charge in [-0.1, -0.05) is 13.3 Å². The van der Waals surface area contributed by atoms with Gasteiger partial charge in [0.05, 0.1) is 5.41 Å². The second kappa shape index (κ2) is 7.62. The Morgan fingerprint density at radius 1 is 1.37 bits per heavy atom. The highest BCUT2D eigenvalue weighted by Gasteiger charge is 2.41. The molecule has 2 amide bonds. The number of carboxylic acids is 1. The minimum absolute atomic E-state index is 0.0652. The Balaban J connectivity index is 2.46. The van der Waals surface area contributed by atoms with E-state index in [1.54, 1.807) is 16.7 Å². The van der Waals surface area contributed by atoms with Gasteiger partial charge in [-0.3, -0.25) is 4.79 Å². The van der Waals surface area contributed by atoms with Crippen molar-refractivity contribution in [2.45, 2.75) is 32.6 Å². The Morgan fingerprint density at radius 3 is 2.47 bits per heavy atom. The molecule has 5 nitrogen and oxygen atoms in total. The van der Waals surface area contributed by atoms with E-state index in [0.29, 0.717) is 38.9 Å². The zero-order chi connectivity index (χ0) is 14.3. The number of carbonyl (C=O) groups is 2. The molecule has 0 atom stereocenters. The lowest BCUT2D eigenvalue weighted by Crippen LogP contribution is -2.49. The molecule has 0 aromatic heterocycles. The van der Waals surface area contributed by atoms with E-state index in [9.17, 15) is 14.7 Å². The number of nitrogens with one attached hydrogen (secondary N) is 1. The first-order valence-electron chi connectivity index (χ1n) is 6.81. The number of aliphatic carboxylic acids is 1. The number of carboxylic acid groups (broad SMARTS) is 1. The van der Waals surface area contributed by atoms with Gasteiger partial charge in [0.25, 0.3) is 0 Å². The lowest BCUT2D eigenvalue weighted by molar-refractivity contribution is -0.152. The predicted octanol–water partition coefficient (Wildman–Crippen LogP) is 2.03. The molecular formula is C13H24N2O3S. The molecule has 19 heavy (non-hydrogen) atoms. The predicted molar refractivity (Wildman–Crippen MR) is 77.6 cm³/mol. The fourth-order valence-corrected chi connectivity index (χ4v) is 2.87. The normalized spacial score (nSPS) is 18.1. The maximum Gasteiger partial charge on any atom is 0.317 e. The molecule has 6 heteroatoms. The average Bonchev–Trinajstić information content (AvgIpc) is 2.40. The van der Waals surface area contributed by atoms with Crippen molar-refractivity contribution in [1.82, 2.24) is 10.2 Å². The summed E-state index contributed by atoms with van der Waals surface area (Å²) in [4.78, 5) is 25.0. The topological polar surface area (TPSA) is 69.6 Å². The number of hydrogen-bond acceptors (Lipinski definition) is 3. The minimum atomic E-state index is -0.711. The SMILES string of the molecule is CCCC1(C(=O)O)CCN(C(=O)NCCSC)CC1. The lowest BCUT2D eigenvalue weighted by atomic mass is 9.75. The third kappa shape index (κ3) is 4.30. The average molecular weight is 288 g/mol. The number of hydrogen-bond donors (Lipinski definition) is 2. The van der Waals surface area contributed by atoms with Gasteiger partial charge >= 0.3 is 12.0 Å². The van der Waals surface area contributed by atoms with Crippen LogP contribution in [0.15, 0.2) is 0 Å². The van der Waals surface area contributed by atoms with Gasteiger partial charge < -0.3 is 15.3 Å². The number of thioether (sulfide) groups is 1. The lowest BCUT2D eigenvalue weighted by Gasteiger charge is -2.38. The van der Waals surface area contributed by atoms with Crippen molar-refractivity contribution in [2.75, 3.05) is 31.6 Å². The van der Waals surface area contributed by atoms with Crippen LogP contribution < -0.4 is 5.32 Å². The standard InChI is InChI=1S/C13H24N2O3S/c1-3-4-13(11(16)17)5-8-15(9-6-13)12(18)14-7-10-19-2/h3-10H2,1-2H3,(H,14,18)(H,16,17). The molecule has 1 rings (SSSR count). The summed E-state index contributed by atoms with van der Waals surface area (Å²) in [5.74, 6) is 0.186. The summed E-state index contributed by atoms with van der Waals surface area (Å²) >= 11 is 1.69. The summed E-state index contributed by atoms with van der Waals surface area (Å²) in [6.45, 7) is 3.75. The van der Waals surface area contributed by atoms with E-state index in [1.165, 1.54) is 0 Å². The molecule has 0 aromatic rings. The summed E-state index contributed by atoms with van der Waals surface area (Å²) in [5.41, 5.74) is -0.620. The Bertz CT molecular complexity index is 315. The van der Waals surface area contributed by atoms with Crippen LogP contribution in [0.4, 0.5) is 4.79 Å². The van der Waals surface area contributed by atoms with Crippen molar-refractivity contribution in [3.8, 4) is 0 Å². The number of carbonyl (C=O) groups excluding carboxylic acids is 1. The number of amides is 2. The molecule has 0 unspecified atom stereocenters. The first-order chi connectivity index (χ1) is 9.05. The highest BCUT2D eigenvalue weighted by Crippen LogP contribution is 2.36. The van der Waals surface area contributed by atoms with Crippen LogP contribution >= 0.6 is 11.8 Å². The van der Waals surface area contributed by atoms with Crippen LogP contribution in [0.3, 0.4) is 0 Å². The van der Waals surface area contributed by atoms with E-state index in [4.69, 9.17) is 0 Å². The van der Waals surface area contributed by atoms with Crippen LogP contribution in [0.5, 0.6) is 0 Å². The van der Waals surface area contributed by atoms with Crippen LogP contribution in [0.25, 0.3) is 0 Å². The van der Waals surface area contributed by atoms with E-state index >= 15 is 0 Å². The fraction of sp³-hybridized carbons (Fsp3) is 0.846. The molecular weight excluding hydrogens is 264 g/mol. The van der Waals surface area contributed by atoms with Crippen molar-refractivity contribution in [3.63, 3.8) is 0 Å². The molecule has 0 radical (unpaired) electrons. The third-order valence-corrected chi connectivity index (χ3v) is 4.38. The van der Waals surface area contributed by atoms with Crippen LogP contribution in [-0.4, -0.2) is 53.6 Å². The number of nitrogens with zero attached hydrogens (tertiary/aromatic N) is 1. The summed E-state index contributed by atoms with van der Waals surface area (Å²) < 4.78 is 0. The first-order valence-corrected chi connectivity index (χ1v) is 8.20. The molecule has 1 aliphatic heterocycles. The molecule has 0 saturated carbocycles. The van der Waals surface area contributed by atoms with Gasteiger partial charge in [-0.2, -0.15) is 11.8 Å². The van der Waals surface area contributed by atoms with Gasteiger partial charge in [0.1, 0.15) is 0 Å². The van der Waals surface area contributed by atoms with Gasteiger partial charge in [0.15, 0.2) is 0 Å². The molecule has 0 aliphatic carbocycles. The molecule has 1 saturated heterocycles. The maximum atomic E-state index is 11.9. The van der Waals surface area contributed by atoms with Crippen molar-refractivity contribution in [1.29, 1.82) is 0 Å². The molecule has 0 aromatic carbocycles. The summed E-state index contributed by atoms with van der Waals surface area (Å²) in [5, 5.41) is 12.3. The van der Waals surface area contributed by atoms with Crippen molar-refractivity contribution < 1.29 is 14.7 Å². The number of piperidine rings is 1. The van der Waals surface area contributed by atoms with Gasteiger partial charge in [-0.15, -0.1) is 0 Å². The Hall–Kier alpha value is -0.910. The zero-order valence-electron chi connectivity index (χ0n) is 11.8. The molecule has 1 aliphatic rings. The van der Waals surface area contributed by atoms with Crippen LogP contribution in [0, 0.1) is 5.41 Å². The molecule has 0 spiro atoms. The molecule has 0 bridgehead atoms. The number of likely N-dealkylation sites (tertiary alicyclic amines) is 1. The smallest absolute Gasteiger partial charge is 0.317 e. The molecule has 2 N–H and O–H groups in total. The van der Waals surface area contributed by atoms with E-state index in [2.05, 4.69) is 5.32 Å². The Labute approximate surface area is 119 Å². The summed E-state index contributed by atoms with van der Waals surface area (Å²) in [6, 6.07) is -0.0652. The van der Waals surface area contributed by atoms with E-state index in [-0.39, 0.29) is 6.03 Å². The highest BCUT2D eigenvalue weighted by molar-refractivity contribution is 7.98. The van der Waals surface area contributed by atoms with Crippen molar-refractivity contribution >= 4 is 23.8 Å². The summed E-state index contributed by atoms with van der Waals surface area (Å²) in [6.07, 6.45) is 4.69. The zero-order valence-corrected chi connectivity index (χ0v) is 12.6. The number of urea groups is 1. The third-order valence-electron chi connectivity index (χ3n) is 3.77. The van der Waals surface area contributed by atoms with Gasteiger partial charge in [-0.05, 0) is 25.5 Å². The first kappa shape index (κ1) is 16.1. The van der Waals surface area contributed by atoms with Crippen LogP contribution in [0.1, 0.15) is 32.6 Å². The molecule has 110 valence electrons. The monoisotopic (exact) mass is 288 g/mol. The number of rotatable bonds is 6. The Morgan fingerprint density at radius 2 is 2.00 bits per heavy atom. The largest absolute Gasteiger partial charge is 0.481 e. The molecule has 1 heterocycles.